The lowest BCUT2D eigenvalue weighted by Crippen LogP contribution is -2.07. The molecule has 3 N–H and O–H groups in total. The summed E-state index contributed by atoms with van der Waals surface area (Å²) < 4.78 is 13.0. The van der Waals surface area contributed by atoms with Crippen molar-refractivity contribution in [3.05, 3.63) is 28.5 Å². The average Bonchev–Trinajstić information content (AvgIpc) is 1.95. The number of nitrogens with one attached hydrogen (secondary N) is 1. The van der Waals surface area contributed by atoms with Gasteiger partial charge in [-0.2, -0.15) is 0 Å². The largest absolute Gasteiger partial charge is 0.323 e. The topological polar surface area (TPSA) is 38.0 Å². The van der Waals surface area contributed by atoms with Crippen LogP contribution in [0.15, 0.2) is 22.7 Å². The SMILES string of the molecule is Cl.NNc1cccc(F)c1Br. The number of halogens is 3. The molecular weight excluding hydrogens is 234 g/mol. The highest BCUT2D eigenvalue weighted by Gasteiger charge is 2.01. The van der Waals surface area contributed by atoms with Gasteiger partial charge in [-0.25, -0.2) is 4.39 Å². The molecule has 62 valence electrons. The molecule has 0 aromatic heterocycles. The number of hydrazine groups is 1. The molecule has 0 aliphatic rings. The zero-order valence-corrected chi connectivity index (χ0v) is 7.88. The average molecular weight is 241 g/mol. The lowest BCUT2D eigenvalue weighted by atomic mass is 10.3. The number of benzene rings is 1. The van der Waals surface area contributed by atoms with Crippen LogP contribution in [0.25, 0.3) is 0 Å². The van der Waals surface area contributed by atoms with E-state index < -0.39 is 0 Å². The van der Waals surface area contributed by atoms with Crippen molar-refractivity contribution >= 4 is 34.0 Å². The fourth-order valence-corrected chi connectivity index (χ4v) is 0.994. The zero-order valence-electron chi connectivity index (χ0n) is 5.47. The minimum atomic E-state index is -0.324. The maximum absolute atomic E-state index is 12.6. The Kier molecular flexibility index (Phi) is 4.40. The minimum Gasteiger partial charge on any atom is -0.323 e. The van der Waals surface area contributed by atoms with Crippen LogP contribution in [0, 0.1) is 5.82 Å². The molecule has 0 aliphatic carbocycles. The summed E-state index contributed by atoms with van der Waals surface area (Å²) >= 11 is 3.02. The molecule has 0 aliphatic heterocycles. The van der Waals surface area contributed by atoms with Crippen LogP contribution >= 0.6 is 28.3 Å². The number of hydrogen-bond acceptors (Lipinski definition) is 2. The second kappa shape index (κ2) is 4.54. The van der Waals surface area contributed by atoms with Gasteiger partial charge < -0.3 is 5.43 Å². The van der Waals surface area contributed by atoms with E-state index in [-0.39, 0.29) is 18.2 Å². The van der Waals surface area contributed by atoms with E-state index in [1.165, 1.54) is 6.07 Å². The van der Waals surface area contributed by atoms with E-state index in [4.69, 9.17) is 5.84 Å². The molecule has 2 nitrogen and oxygen atoms in total. The fourth-order valence-electron chi connectivity index (χ4n) is 0.615. The van der Waals surface area contributed by atoms with E-state index >= 15 is 0 Å². The molecule has 0 atom stereocenters. The van der Waals surface area contributed by atoms with Crippen LogP contribution < -0.4 is 11.3 Å². The van der Waals surface area contributed by atoms with Gasteiger partial charge >= 0.3 is 0 Å². The molecule has 1 rings (SSSR count). The van der Waals surface area contributed by atoms with Crippen molar-refractivity contribution in [2.45, 2.75) is 0 Å². The van der Waals surface area contributed by atoms with Crippen molar-refractivity contribution < 1.29 is 4.39 Å². The van der Waals surface area contributed by atoms with Gasteiger partial charge in [0.2, 0.25) is 0 Å². The first-order valence-electron chi connectivity index (χ1n) is 2.66. The van der Waals surface area contributed by atoms with E-state index in [9.17, 15) is 4.39 Å². The third kappa shape index (κ3) is 2.32. The summed E-state index contributed by atoms with van der Waals surface area (Å²) in [6, 6.07) is 4.60. The van der Waals surface area contributed by atoms with Crippen LogP contribution in [0.4, 0.5) is 10.1 Å². The molecule has 0 saturated carbocycles. The van der Waals surface area contributed by atoms with Crippen LogP contribution in [0.5, 0.6) is 0 Å². The van der Waals surface area contributed by atoms with Crippen LogP contribution in [0.3, 0.4) is 0 Å². The highest BCUT2D eigenvalue weighted by atomic mass is 79.9. The van der Waals surface area contributed by atoms with Gasteiger partial charge in [0.05, 0.1) is 10.2 Å². The normalized spacial score (nSPS) is 8.64. The molecule has 0 saturated heterocycles. The highest BCUT2D eigenvalue weighted by Crippen LogP contribution is 2.23. The lowest BCUT2D eigenvalue weighted by Gasteiger charge is -2.01. The maximum Gasteiger partial charge on any atom is 0.139 e. The third-order valence-corrected chi connectivity index (χ3v) is 1.91. The molecule has 0 spiro atoms. The van der Waals surface area contributed by atoms with Crippen LogP contribution in [-0.2, 0) is 0 Å². The summed E-state index contributed by atoms with van der Waals surface area (Å²) in [5, 5.41) is 0. The molecule has 0 fully saturated rings. The monoisotopic (exact) mass is 240 g/mol. The molecular formula is C6H7BrClFN2. The van der Waals surface area contributed by atoms with E-state index in [1.54, 1.807) is 12.1 Å². The maximum atomic E-state index is 12.6. The second-order valence-electron chi connectivity index (χ2n) is 1.75. The van der Waals surface area contributed by atoms with Crippen molar-refractivity contribution in [1.29, 1.82) is 0 Å². The quantitative estimate of drug-likeness (QED) is 0.585. The van der Waals surface area contributed by atoms with Gasteiger partial charge in [0.15, 0.2) is 0 Å². The summed E-state index contributed by atoms with van der Waals surface area (Å²) in [5.41, 5.74) is 2.89. The van der Waals surface area contributed by atoms with E-state index in [0.717, 1.165) is 0 Å². The zero-order chi connectivity index (χ0) is 7.56. The van der Waals surface area contributed by atoms with Crippen LogP contribution in [0.2, 0.25) is 0 Å². The van der Waals surface area contributed by atoms with E-state index in [0.29, 0.717) is 10.2 Å². The molecule has 11 heavy (non-hydrogen) atoms. The van der Waals surface area contributed by atoms with E-state index in [2.05, 4.69) is 21.4 Å². The third-order valence-electron chi connectivity index (χ3n) is 1.11. The summed E-state index contributed by atoms with van der Waals surface area (Å²) in [6.45, 7) is 0. The molecule has 0 bridgehead atoms. The Morgan fingerprint density at radius 1 is 1.45 bits per heavy atom. The standard InChI is InChI=1S/C6H6BrFN2.ClH/c7-6-4(8)2-1-3-5(6)10-9;/h1-3,10H,9H2;1H. The van der Waals surface area contributed by atoms with Crippen LogP contribution in [0.1, 0.15) is 0 Å². The van der Waals surface area contributed by atoms with Gasteiger partial charge in [-0.1, -0.05) is 6.07 Å². The number of nitrogen functional groups attached to an aromatic ring is 1. The van der Waals surface area contributed by atoms with Crippen molar-refractivity contribution in [2.75, 3.05) is 5.43 Å². The molecule has 1 aromatic rings. The predicted octanol–water partition coefficient (Wildman–Crippen LogP) is 2.30. The van der Waals surface area contributed by atoms with Crippen molar-refractivity contribution in [3.8, 4) is 0 Å². The Morgan fingerprint density at radius 2 is 2.09 bits per heavy atom. The van der Waals surface area contributed by atoms with Gasteiger partial charge in [-0.15, -0.1) is 12.4 Å². The van der Waals surface area contributed by atoms with Crippen molar-refractivity contribution in [3.63, 3.8) is 0 Å². The summed E-state index contributed by atoms with van der Waals surface area (Å²) in [4.78, 5) is 0. The fraction of sp³-hybridized carbons (Fsp3) is 0. The second-order valence-corrected chi connectivity index (χ2v) is 2.54. The Hall–Kier alpha value is -0.320. The van der Waals surface area contributed by atoms with Gasteiger partial charge in [0.25, 0.3) is 0 Å². The van der Waals surface area contributed by atoms with Gasteiger partial charge in [-0.05, 0) is 28.1 Å². The van der Waals surface area contributed by atoms with Gasteiger partial charge in [-0.3, -0.25) is 5.84 Å². The number of hydrogen-bond donors (Lipinski definition) is 2. The molecule has 5 heteroatoms. The van der Waals surface area contributed by atoms with E-state index in [1.807, 2.05) is 0 Å². The summed E-state index contributed by atoms with van der Waals surface area (Å²) in [5.74, 6) is 4.75. The summed E-state index contributed by atoms with van der Waals surface area (Å²) in [7, 11) is 0. The highest BCUT2D eigenvalue weighted by molar-refractivity contribution is 9.10. The minimum absolute atomic E-state index is 0. The van der Waals surface area contributed by atoms with Crippen LogP contribution in [-0.4, -0.2) is 0 Å². The predicted molar refractivity (Wildman–Crippen MR) is 49.2 cm³/mol. The first-order chi connectivity index (χ1) is 4.75. The number of anilines is 1. The lowest BCUT2D eigenvalue weighted by molar-refractivity contribution is 0.621. The Morgan fingerprint density at radius 3 is 2.55 bits per heavy atom. The first-order valence-corrected chi connectivity index (χ1v) is 3.45. The molecule has 0 unspecified atom stereocenters. The Bertz CT molecular complexity index is 244. The molecule has 0 radical (unpaired) electrons. The molecule has 0 heterocycles. The summed E-state index contributed by atoms with van der Waals surface area (Å²) in [6.07, 6.45) is 0. The molecule has 0 amide bonds. The first kappa shape index (κ1) is 10.7. The molecule has 1 aromatic carbocycles. The smallest absolute Gasteiger partial charge is 0.139 e. The van der Waals surface area contributed by atoms with Crippen molar-refractivity contribution in [2.24, 2.45) is 5.84 Å². The van der Waals surface area contributed by atoms with Gasteiger partial charge in [0, 0.05) is 0 Å². The van der Waals surface area contributed by atoms with Crippen molar-refractivity contribution in [1.82, 2.24) is 0 Å². The Balaban J connectivity index is 0.000001000. The Labute approximate surface area is 78.5 Å². The van der Waals surface area contributed by atoms with Gasteiger partial charge in [0.1, 0.15) is 5.82 Å². The number of rotatable bonds is 1. The number of nitrogens with two attached hydrogens (primary N) is 1.